The Hall–Kier alpha value is -1.49. The minimum atomic E-state index is -0.117. The fourth-order valence-electron chi connectivity index (χ4n) is 1.74. The van der Waals surface area contributed by atoms with Gasteiger partial charge in [0.15, 0.2) is 11.5 Å². The van der Waals surface area contributed by atoms with Crippen LogP contribution in [-0.2, 0) is 4.79 Å². The fraction of sp³-hybridized carbons (Fsp3) is 0.200. The third kappa shape index (κ3) is 3.46. The van der Waals surface area contributed by atoms with E-state index < -0.39 is 0 Å². The number of likely N-dealkylation sites (N-methyl/N-ethyl adjacent to an activating group) is 1. The highest BCUT2D eigenvalue weighted by Crippen LogP contribution is 2.37. The number of thiocarbonyl (C=S) groups is 1. The van der Waals surface area contributed by atoms with E-state index in [1.54, 1.807) is 32.4 Å². The second-order valence-corrected chi connectivity index (χ2v) is 6.79. The van der Waals surface area contributed by atoms with Crippen LogP contribution in [0.4, 0.5) is 0 Å². The van der Waals surface area contributed by atoms with Crippen molar-refractivity contribution in [3.8, 4) is 23.8 Å². The Labute approximate surface area is 147 Å². The van der Waals surface area contributed by atoms with Crippen LogP contribution in [0, 0.1) is 12.3 Å². The summed E-state index contributed by atoms with van der Waals surface area (Å²) in [4.78, 5) is 14.1. The molecule has 1 aliphatic heterocycles. The van der Waals surface area contributed by atoms with Gasteiger partial charge in [-0.2, -0.15) is 0 Å². The second-order valence-electron chi connectivity index (χ2n) is 4.26. The van der Waals surface area contributed by atoms with Crippen LogP contribution in [0.5, 0.6) is 11.5 Å². The van der Waals surface area contributed by atoms with Gasteiger partial charge in [0.05, 0.1) is 12.0 Å². The molecule has 0 atom stereocenters. The molecule has 1 aromatic rings. The van der Waals surface area contributed by atoms with Crippen LogP contribution in [0.25, 0.3) is 6.08 Å². The molecule has 0 radical (unpaired) electrons. The lowest BCUT2D eigenvalue weighted by atomic mass is 10.2. The molecular weight excluding hydrogens is 386 g/mol. The van der Waals surface area contributed by atoms with E-state index in [9.17, 15) is 4.79 Å². The zero-order chi connectivity index (χ0) is 16.3. The van der Waals surface area contributed by atoms with Gasteiger partial charge in [-0.05, 0) is 23.8 Å². The number of benzene rings is 1. The Balaban J connectivity index is 2.39. The topological polar surface area (TPSA) is 38.8 Å². The van der Waals surface area contributed by atoms with Crippen molar-refractivity contribution in [2.75, 3.05) is 20.8 Å². The van der Waals surface area contributed by atoms with Crippen LogP contribution in [0.2, 0.25) is 0 Å². The van der Waals surface area contributed by atoms with Gasteiger partial charge in [0.1, 0.15) is 10.9 Å². The highest BCUT2D eigenvalue weighted by Gasteiger charge is 2.29. The number of hydrogen-bond acceptors (Lipinski definition) is 5. The van der Waals surface area contributed by atoms with E-state index in [2.05, 4.69) is 21.9 Å². The lowest BCUT2D eigenvalue weighted by molar-refractivity contribution is -0.121. The summed E-state index contributed by atoms with van der Waals surface area (Å²) in [6.45, 7) is 0.149. The molecule has 1 saturated heterocycles. The van der Waals surface area contributed by atoms with Gasteiger partial charge in [0.2, 0.25) is 0 Å². The van der Waals surface area contributed by atoms with Gasteiger partial charge < -0.3 is 9.47 Å². The Bertz CT molecular complexity index is 709. The first-order valence-electron chi connectivity index (χ1n) is 6.13. The van der Waals surface area contributed by atoms with E-state index in [1.165, 1.54) is 16.7 Å². The molecule has 0 saturated carbocycles. The predicted octanol–water partition coefficient (Wildman–Crippen LogP) is 3.30. The van der Waals surface area contributed by atoms with Gasteiger partial charge in [-0.1, -0.05) is 45.8 Å². The summed E-state index contributed by atoms with van der Waals surface area (Å²) in [5, 5.41) is 0. The van der Waals surface area contributed by atoms with Crippen molar-refractivity contribution >= 4 is 56.2 Å². The van der Waals surface area contributed by atoms with Gasteiger partial charge in [-0.3, -0.25) is 9.69 Å². The predicted molar refractivity (Wildman–Crippen MR) is 96.0 cm³/mol. The van der Waals surface area contributed by atoms with E-state index in [0.29, 0.717) is 20.7 Å². The molecule has 4 nitrogen and oxygen atoms in total. The molecule has 0 aliphatic carbocycles. The monoisotopic (exact) mass is 397 g/mol. The molecule has 0 bridgehead atoms. The minimum absolute atomic E-state index is 0.117. The molecule has 22 heavy (non-hydrogen) atoms. The molecule has 1 fully saturated rings. The summed E-state index contributed by atoms with van der Waals surface area (Å²) in [5.74, 6) is 3.36. The second kappa shape index (κ2) is 7.18. The molecule has 0 unspecified atom stereocenters. The third-order valence-electron chi connectivity index (χ3n) is 2.87. The molecule has 0 N–H and O–H groups in total. The van der Waals surface area contributed by atoms with Crippen LogP contribution in [0.1, 0.15) is 5.56 Å². The Morgan fingerprint density at radius 1 is 1.50 bits per heavy atom. The lowest BCUT2D eigenvalue weighted by Gasteiger charge is -2.11. The van der Waals surface area contributed by atoms with Gasteiger partial charge in [-0.15, -0.1) is 6.42 Å². The molecule has 114 valence electrons. The highest BCUT2D eigenvalue weighted by molar-refractivity contribution is 9.10. The SMILES string of the molecule is C#CCOc1cc(Br)c(C=C2SC(=S)N(C)C2=O)cc1OC. The van der Waals surface area contributed by atoms with E-state index >= 15 is 0 Å². The Morgan fingerprint density at radius 3 is 2.77 bits per heavy atom. The van der Waals surface area contributed by atoms with E-state index in [-0.39, 0.29) is 12.5 Å². The Morgan fingerprint density at radius 2 is 2.23 bits per heavy atom. The zero-order valence-electron chi connectivity index (χ0n) is 11.9. The van der Waals surface area contributed by atoms with Gasteiger partial charge in [0, 0.05) is 11.5 Å². The number of carbonyl (C=O) groups excluding carboxylic acids is 1. The van der Waals surface area contributed by atoms with Crippen molar-refractivity contribution in [2.45, 2.75) is 0 Å². The van der Waals surface area contributed by atoms with E-state index in [1.807, 2.05) is 0 Å². The van der Waals surface area contributed by atoms with Crippen LogP contribution in [0.15, 0.2) is 21.5 Å². The first-order valence-corrected chi connectivity index (χ1v) is 8.15. The molecule has 1 amide bonds. The lowest BCUT2D eigenvalue weighted by Crippen LogP contribution is -2.22. The maximum atomic E-state index is 12.1. The summed E-state index contributed by atoms with van der Waals surface area (Å²) >= 11 is 9.84. The normalized spacial score (nSPS) is 16.1. The standard InChI is InChI=1S/C15H12BrNO3S2/c1-4-5-20-12-8-10(16)9(6-11(12)19-3)7-13-14(18)17(2)15(21)22-13/h1,6-8H,5H2,2-3H3. The maximum Gasteiger partial charge on any atom is 0.265 e. The highest BCUT2D eigenvalue weighted by atomic mass is 79.9. The number of methoxy groups -OCH3 is 1. The van der Waals surface area contributed by atoms with Crippen LogP contribution < -0.4 is 9.47 Å². The molecule has 2 rings (SSSR count). The fourth-order valence-corrected chi connectivity index (χ4v) is 3.35. The van der Waals surface area contributed by atoms with E-state index in [0.717, 1.165) is 10.0 Å². The van der Waals surface area contributed by atoms with Gasteiger partial charge >= 0.3 is 0 Å². The number of rotatable bonds is 4. The number of halogens is 1. The number of thioether (sulfide) groups is 1. The van der Waals surface area contributed by atoms with Crippen molar-refractivity contribution in [3.63, 3.8) is 0 Å². The number of carbonyl (C=O) groups is 1. The van der Waals surface area contributed by atoms with Crippen molar-refractivity contribution in [3.05, 3.63) is 27.1 Å². The van der Waals surface area contributed by atoms with Gasteiger partial charge in [0.25, 0.3) is 5.91 Å². The number of ether oxygens (including phenoxy) is 2. The van der Waals surface area contributed by atoms with Crippen molar-refractivity contribution in [1.29, 1.82) is 0 Å². The third-order valence-corrected chi connectivity index (χ3v) is 5.04. The summed E-state index contributed by atoms with van der Waals surface area (Å²) in [5.41, 5.74) is 0.791. The first kappa shape index (κ1) is 16.9. The zero-order valence-corrected chi connectivity index (χ0v) is 15.1. The number of terminal acetylenes is 1. The average Bonchev–Trinajstić information content (AvgIpc) is 2.74. The molecule has 0 spiro atoms. The van der Waals surface area contributed by atoms with Crippen LogP contribution >= 0.6 is 39.9 Å². The summed E-state index contributed by atoms with van der Waals surface area (Å²) in [6.07, 6.45) is 6.96. The largest absolute Gasteiger partial charge is 0.493 e. The summed E-state index contributed by atoms with van der Waals surface area (Å²) in [7, 11) is 3.20. The molecule has 7 heteroatoms. The molecule has 1 aliphatic rings. The maximum absolute atomic E-state index is 12.1. The van der Waals surface area contributed by atoms with E-state index in [4.69, 9.17) is 28.1 Å². The molecular formula is C15H12BrNO3S2. The number of hydrogen-bond donors (Lipinski definition) is 0. The van der Waals surface area contributed by atoms with Crippen molar-refractivity contribution in [1.82, 2.24) is 4.90 Å². The molecule has 0 aromatic heterocycles. The Kier molecular flexibility index (Phi) is 5.51. The van der Waals surface area contributed by atoms with Crippen molar-refractivity contribution < 1.29 is 14.3 Å². The smallest absolute Gasteiger partial charge is 0.265 e. The average molecular weight is 398 g/mol. The summed E-state index contributed by atoms with van der Waals surface area (Å²) < 4.78 is 12.0. The van der Waals surface area contributed by atoms with Crippen molar-refractivity contribution in [2.24, 2.45) is 0 Å². The number of amides is 1. The minimum Gasteiger partial charge on any atom is -0.493 e. The van der Waals surface area contributed by atoms with Gasteiger partial charge in [-0.25, -0.2) is 0 Å². The summed E-state index contributed by atoms with van der Waals surface area (Å²) in [6, 6.07) is 3.53. The van der Waals surface area contributed by atoms with Crippen LogP contribution in [0.3, 0.4) is 0 Å². The molecule has 1 heterocycles. The first-order chi connectivity index (χ1) is 10.5. The molecule has 1 aromatic carbocycles. The number of nitrogens with zero attached hydrogens (tertiary/aromatic N) is 1. The van der Waals surface area contributed by atoms with Crippen LogP contribution in [-0.4, -0.2) is 35.9 Å². The quantitative estimate of drug-likeness (QED) is 0.442.